The average molecular weight is 305 g/mol. The molecular formula is C18H21ClO2. The molecule has 1 unspecified atom stereocenters. The molecule has 0 fully saturated rings. The molecule has 0 heterocycles. The van der Waals surface area contributed by atoms with E-state index < -0.39 is 0 Å². The number of methoxy groups -OCH3 is 1. The van der Waals surface area contributed by atoms with E-state index in [4.69, 9.17) is 16.3 Å². The number of benzene rings is 2. The van der Waals surface area contributed by atoms with Gasteiger partial charge in [0.05, 0.1) is 7.11 Å². The van der Waals surface area contributed by atoms with Crippen molar-refractivity contribution in [1.82, 2.24) is 0 Å². The lowest BCUT2D eigenvalue weighted by molar-refractivity contribution is 0.224. The van der Waals surface area contributed by atoms with E-state index >= 15 is 0 Å². The fourth-order valence-corrected chi connectivity index (χ4v) is 2.66. The van der Waals surface area contributed by atoms with Crippen LogP contribution in [0, 0.1) is 12.8 Å². The number of halogens is 1. The van der Waals surface area contributed by atoms with Crippen LogP contribution < -0.4 is 4.74 Å². The summed E-state index contributed by atoms with van der Waals surface area (Å²) in [5.74, 6) is 1.05. The first-order valence-electron chi connectivity index (χ1n) is 7.11. The van der Waals surface area contributed by atoms with Crippen LogP contribution in [-0.4, -0.2) is 18.8 Å². The summed E-state index contributed by atoms with van der Waals surface area (Å²) >= 11 is 5.90. The summed E-state index contributed by atoms with van der Waals surface area (Å²) < 4.78 is 5.41. The highest BCUT2D eigenvalue weighted by atomic mass is 35.5. The molecule has 0 radical (unpaired) electrons. The first-order chi connectivity index (χ1) is 10.1. The predicted molar refractivity (Wildman–Crippen MR) is 87.2 cm³/mol. The molecule has 112 valence electrons. The fraction of sp³-hybridized carbons (Fsp3) is 0.333. The van der Waals surface area contributed by atoms with Gasteiger partial charge in [-0.2, -0.15) is 0 Å². The van der Waals surface area contributed by atoms with Gasteiger partial charge >= 0.3 is 0 Å². The van der Waals surface area contributed by atoms with Crippen molar-refractivity contribution in [3.63, 3.8) is 0 Å². The molecule has 2 aromatic rings. The minimum Gasteiger partial charge on any atom is -0.496 e. The van der Waals surface area contributed by atoms with E-state index in [0.29, 0.717) is 0 Å². The number of hydrogen-bond donors (Lipinski definition) is 1. The minimum atomic E-state index is 0.153. The molecule has 0 aliphatic rings. The van der Waals surface area contributed by atoms with Crippen molar-refractivity contribution < 1.29 is 9.84 Å². The summed E-state index contributed by atoms with van der Waals surface area (Å²) in [5, 5.41) is 10.4. The molecule has 1 atom stereocenters. The van der Waals surface area contributed by atoms with Gasteiger partial charge in [-0.3, -0.25) is 0 Å². The Kier molecular flexibility index (Phi) is 5.66. The fourth-order valence-electron chi connectivity index (χ4n) is 2.53. The van der Waals surface area contributed by atoms with Gasteiger partial charge in [0.2, 0.25) is 0 Å². The van der Waals surface area contributed by atoms with E-state index in [0.717, 1.165) is 29.2 Å². The molecule has 3 heteroatoms. The number of aliphatic hydroxyl groups excluding tert-OH is 1. The third-order valence-corrected chi connectivity index (χ3v) is 3.89. The highest BCUT2D eigenvalue weighted by Gasteiger charge is 2.13. The van der Waals surface area contributed by atoms with Gasteiger partial charge in [-0.15, -0.1) is 0 Å². The summed E-state index contributed by atoms with van der Waals surface area (Å²) in [6, 6.07) is 14.0. The SMILES string of the molecule is COc1ccc(C)cc1CC(CO)Cc1ccc(Cl)cc1. The molecule has 2 rings (SSSR count). The number of aryl methyl sites for hydroxylation is 1. The van der Waals surface area contributed by atoms with Crippen molar-refractivity contribution in [3.05, 3.63) is 64.2 Å². The molecule has 1 N–H and O–H groups in total. The van der Waals surface area contributed by atoms with Gasteiger partial charge in [-0.25, -0.2) is 0 Å². The summed E-state index contributed by atoms with van der Waals surface area (Å²) in [5.41, 5.74) is 3.53. The van der Waals surface area contributed by atoms with Crippen molar-refractivity contribution in [2.45, 2.75) is 19.8 Å². The maximum absolute atomic E-state index is 9.67. The van der Waals surface area contributed by atoms with Crippen LogP contribution in [-0.2, 0) is 12.8 Å². The second-order valence-corrected chi connectivity index (χ2v) is 5.84. The highest BCUT2D eigenvalue weighted by Crippen LogP contribution is 2.24. The van der Waals surface area contributed by atoms with E-state index in [2.05, 4.69) is 13.0 Å². The zero-order chi connectivity index (χ0) is 15.2. The summed E-state index contributed by atoms with van der Waals surface area (Å²) in [4.78, 5) is 0. The van der Waals surface area contributed by atoms with Gasteiger partial charge in [0.1, 0.15) is 5.75 Å². The highest BCUT2D eigenvalue weighted by molar-refractivity contribution is 6.30. The Balaban J connectivity index is 2.11. The first-order valence-corrected chi connectivity index (χ1v) is 7.49. The van der Waals surface area contributed by atoms with Gasteiger partial charge in [-0.05, 0) is 55.0 Å². The van der Waals surface area contributed by atoms with Crippen LogP contribution in [0.2, 0.25) is 5.02 Å². The van der Waals surface area contributed by atoms with Crippen LogP contribution >= 0.6 is 11.6 Å². The standard InChI is InChI=1S/C18H21ClO2/c1-13-3-8-18(21-2)16(9-13)11-15(12-20)10-14-4-6-17(19)7-5-14/h3-9,15,20H,10-12H2,1-2H3. The lowest BCUT2D eigenvalue weighted by Crippen LogP contribution is -2.13. The van der Waals surface area contributed by atoms with Crippen LogP contribution in [0.1, 0.15) is 16.7 Å². The Morgan fingerprint density at radius 2 is 1.81 bits per heavy atom. The van der Waals surface area contributed by atoms with E-state index in [1.165, 1.54) is 11.1 Å². The van der Waals surface area contributed by atoms with Crippen LogP contribution in [0.5, 0.6) is 5.75 Å². The second kappa shape index (κ2) is 7.48. The molecule has 0 saturated carbocycles. The van der Waals surface area contributed by atoms with Gasteiger partial charge in [-0.1, -0.05) is 41.4 Å². The van der Waals surface area contributed by atoms with Crippen LogP contribution in [0.4, 0.5) is 0 Å². The van der Waals surface area contributed by atoms with E-state index in [1.54, 1.807) is 7.11 Å². The molecule has 0 aliphatic carbocycles. The molecule has 0 aromatic heterocycles. The van der Waals surface area contributed by atoms with Crippen LogP contribution in [0.3, 0.4) is 0 Å². The van der Waals surface area contributed by atoms with Gasteiger partial charge in [0.15, 0.2) is 0 Å². The Morgan fingerprint density at radius 3 is 2.43 bits per heavy atom. The zero-order valence-electron chi connectivity index (χ0n) is 12.5. The summed E-state index contributed by atoms with van der Waals surface area (Å²) in [7, 11) is 1.68. The normalized spacial score (nSPS) is 12.2. The van der Waals surface area contributed by atoms with Crippen molar-refractivity contribution in [3.8, 4) is 5.75 Å². The Hall–Kier alpha value is -1.51. The minimum absolute atomic E-state index is 0.153. The Morgan fingerprint density at radius 1 is 1.10 bits per heavy atom. The van der Waals surface area contributed by atoms with Crippen LogP contribution in [0.15, 0.2) is 42.5 Å². The third-order valence-electron chi connectivity index (χ3n) is 3.64. The molecule has 21 heavy (non-hydrogen) atoms. The smallest absolute Gasteiger partial charge is 0.122 e. The summed E-state index contributed by atoms with van der Waals surface area (Å²) in [6.07, 6.45) is 1.62. The molecule has 0 aliphatic heterocycles. The zero-order valence-corrected chi connectivity index (χ0v) is 13.2. The lowest BCUT2D eigenvalue weighted by Gasteiger charge is -2.17. The molecule has 0 amide bonds. The molecule has 2 aromatic carbocycles. The maximum Gasteiger partial charge on any atom is 0.122 e. The summed E-state index contributed by atoms with van der Waals surface area (Å²) in [6.45, 7) is 2.22. The van der Waals surface area contributed by atoms with E-state index in [-0.39, 0.29) is 12.5 Å². The van der Waals surface area contributed by atoms with E-state index in [1.807, 2.05) is 36.4 Å². The average Bonchev–Trinajstić information content (AvgIpc) is 2.49. The monoisotopic (exact) mass is 304 g/mol. The largest absolute Gasteiger partial charge is 0.496 e. The molecule has 0 bridgehead atoms. The van der Waals surface area contributed by atoms with Crippen LogP contribution in [0.25, 0.3) is 0 Å². The Labute approximate surface area is 131 Å². The Bertz CT molecular complexity index is 578. The van der Waals surface area contributed by atoms with Crippen molar-refractivity contribution in [2.75, 3.05) is 13.7 Å². The van der Waals surface area contributed by atoms with Crippen molar-refractivity contribution in [2.24, 2.45) is 5.92 Å². The molecule has 2 nitrogen and oxygen atoms in total. The van der Waals surface area contributed by atoms with Gasteiger partial charge in [0, 0.05) is 11.6 Å². The topological polar surface area (TPSA) is 29.5 Å². The molecule has 0 spiro atoms. The number of hydrogen-bond acceptors (Lipinski definition) is 2. The van der Waals surface area contributed by atoms with Gasteiger partial charge < -0.3 is 9.84 Å². The lowest BCUT2D eigenvalue weighted by atomic mass is 9.92. The maximum atomic E-state index is 9.67. The van der Waals surface area contributed by atoms with Gasteiger partial charge in [0.25, 0.3) is 0 Å². The number of rotatable bonds is 6. The molecular weight excluding hydrogens is 284 g/mol. The first kappa shape index (κ1) is 15.9. The number of ether oxygens (including phenoxy) is 1. The number of aliphatic hydroxyl groups is 1. The predicted octanol–water partition coefficient (Wildman–Crippen LogP) is 4.05. The quantitative estimate of drug-likeness (QED) is 0.872. The van der Waals surface area contributed by atoms with Crippen molar-refractivity contribution >= 4 is 11.6 Å². The second-order valence-electron chi connectivity index (χ2n) is 5.40. The molecule has 0 saturated heterocycles. The third kappa shape index (κ3) is 4.48. The van der Waals surface area contributed by atoms with E-state index in [9.17, 15) is 5.11 Å². The van der Waals surface area contributed by atoms with Crippen molar-refractivity contribution in [1.29, 1.82) is 0 Å².